The third-order valence-corrected chi connectivity index (χ3v) is 4.87. The van der Waals surface area contributed by atoms with Gasteiger partial charge in [0.2, 0.25) is 0 Å². The van der Waals surface area contributed by atoms with E-state index in [1.54, 1.807) is 0 Å². The van der Waals surface area contributed by atoms with E-state index in [9.17, 15) is 9.67 Å². The molecule has 0 aromatic heterocycles. The second kappa shape index (κ2) is 18.4. The van der Waals surface area contributed by atoms with Crippen molar-refractivity contribution in [1.82, 2.24) is 0 Å². The van der Waals surface area contributed by atoms with E-state index in [2.05, 4.69) is 11.4 Å². The third-order valence-electron chi connectivity index (χ3n) is 4.39. The van der Waals surface area contributed by atoms with E-state index in [0.717, 1.165) is 12.8 Å². The minimum atomic E-state index is -4.51. The van der Waals surface area contributed by atoms with E-state index in [1.165, 1.54) is 77.0 Å². The average Bonchev–Trinajstić information content (AvgIpc) is 2.59. The molecule has 0 bridgehead atoms. The molecule has 0 aliphatic heterocycles. The molecule has 0 rings (SSSR count). The highest BCUT2D eigenvalue weighted by molar-refractivity contribution is 7.46. The standard InChI is InChI=1S/C19H41O6P/c1-2-3-4-5-6-7-8-9-10-11-12-13-14-15-16-24-17-19(20)18-25-26(21,22)23/h19-20H,2-18H2,1H3,(H2,21,22,23). The molecule has 26 heavy (non-hydrogen) atoms. The average molecular weight is 397 g/mol. The molecule has 0 heterocycles. The zero-order valence-electron chi connectivity index (χ0n) is 16.6. The number of rotatable bonds is 20. The summed E-state index contributed by atoms with van der Waals surface area (Å²) in [5.74, 6) is 0. The zero-order valence-corrected chi connectivity index (χ0v) is 17.5. The fourth-order valence-electron chi connectivity index (χ4n) is 2.85. The van der Waals surface area contributed by atoms with Gasteiger partial charge in [0, 0.05) is 6.61 Å². The van der Waals surface area contributed by atoms with E-state index < -0.39 is 20.5 Å². The van der Waals surface area contributed by atoms with Gasteiger partial charge in [0.05, 0.1) is 13.2 Å². The Morgan fingerprint density at radius 2 is 1.15 bits per heavy atom. The van der Waals surface area contributed by atoms with Crippen molar-refractivity contribution in [1.29, 1.82) is 0 Å². The maximum Gasteiger partial charge on any atom is 0.469 e. The molecule has 0 aliphatic rings. The first kappa shape index (κ1) is 26.0. The van der Waals surface area contributed by atoms with Gasteiger partial charge in [0.15, 0.2) is 0 Å². The van der Waals surface area contributed by atoms with Gasteiger partial charge in [-0.2, -0.15) is 0 Å². The van der Waals surface area contributed by atoms with Crippen LogP contribution in [-0.4, -0.2) is 40.8 Å². The number of aliphatic hydroxyl groups excluding tert-OH is 1. The van der Waals surface area contributed by atoms with Crippen LogP contribution in [-0.2, 0) is 13.8 Å². The Kier molecular flexibility index (Phi) is 18.4. The van der Waals surface area contributed by atoms with Gasteiger partial charge in [0.1, 0.15) is 6.10 Å². The number of aliphatic hydroxyl groups is 1. The highest BCUT2D eigenvalue weighted by Gasteiger charge is 2.16. The molecule has 7 heteroatoms. The van der Waals surface area contributed by atoms with Crippen LogP contribution in [0.5, 0.6) is 0 Å². The molecule has 1 unspecified atom stereocenters. The Bertz CT molecular complexity index is 334. The first-order valence-corrected chi connectivity index (χ1v) is 11.9. The van der Waals surface area contributed by atoms with Crippen molar-refractivity contribution in [3.63, 3.8) is 0 Å². The Labute approximate surface area is 159 Å². The molecule has 0 amide bonds. The fourth-order valence-corrected chi connectivity index (χ4v) is 3.22. The topological polar surface area (TPSA) is 96.2 Å². The molecule has 158 valence electrons. The molecule has 0 saturated heterocycles. The first-order chi connectivity index (χ1) is 12.5. The normalized spacial score (nSPS) is 13.2. The summed E-state index contributed by atoms with van der Waals surface area (Å²) in [4.78, 5) is 17.0. The molecule has 0 aromatic rings. The monoisotopic (exact) mass is 396 g/mol. The quantitative estimate of drug-likeness (QED) is 0.199. The molecule has 0 radical (unpaired) electrons. The van der Waals surface area contributed by atoms with Crippen LogP contribution in [0.3, 0.4) is 0 Å². The molecule has 0 aliphatic carbocycles. The van der Waals surface area contributed by atoms with Crippen molar-refractivity contribution in [3.8, 4) is 0 Å². The molecule has 0 fully saturated rings. The van der Waals surface area contributed by atoms with Crippen LogP contribution >= 0.6 is 7.82 Å². The van der Waals surface area contributed by atoms with Gasteiger partial charge in [-0.25, -0.2) is 4.57 Å². The largest absolute Gasteiger partial charge is 0.469 e. The summed E-state index contributed by atoms with van der Waals surface area (Å²) in [5, 5.41) is 9.43. The lowest BCUT2D eigenvalue weighted by Gasteiger charge is -2.12. The number of ether oxygens (including phenoxy) is 1. The Hall–Kier alpha value is 0.0300. The number of phosphoric ester groups is 1. The predicted molar refractivity (Wildman–Crippen MR) is 105 cm³/mol. The van der Waals surface area contributed by atoms with Crippen molar-refractivity contribution in [2.75, 3.05) is 19.8 Å². The van der Waals surface area contributed by atoms with Crippen LogP contribution in [0.25, 0.3) is 0 Å². The molecular weight excluding hydrogens is 355 g/mol. The molecule has 0 saturated carbocycles. The molecule has 0 aromatic carbocycles. The SMILES string of the molecule is CCCCCCCCCCCCCCCCOCC(O)COP(=O)(O)O. The van der Waals surface area contributed by atoms with Crippen LogP contribution in [0.15, 0.2) is 0 Å². The van der Waals surface area contributed by atoms with Crippen molar-refractivity contribution in [2.45, 2.75) is 103 Å². The number of phosphoric acid groups is 1. The minimum Gasteiger partial charge on any atom is -0.388 e. The number of unbranched alkanes of at least 4 members (excludes halogenated alkanes) is 13. The molecule has 0 spiro atoms. The lowest BCUT2D eigenvalue weighted by atomic mass is 10.0. The number of hydrogen-bond donors (Lipinski definition) is 3. The maximum atomic E-state index is 10.5. The summed E-state index contributed by atoms with van der Waals surface area (Å²) in [7, 11) is -4.51. The smallest absolute Gasteiger partial charge is 0.388 e. The van der Waals surface area contributed by atoms with Gasteiger partial charge in [-0.3, -0.25) is 4.52 Å². The fraction of sp³-hybridized carbons (Fsp3) is 1.00. The molecular formula is C19H41O6P. The van der Waals surface area contributed by atoms with Crippen LogP contribution in [0.1, 0.15) is 96.8 Å². The van der Waals surface area contributed by atoms with Crippen LogP contribution in [0.4, 0.5) is 0 Å². The molecule has 1 atom stereocenters. The first-order valence-electron chi connectivity index (χ1n) is 10.4. The summed E-state index contributed by atoms with van der Waals surface area (Å²) in [6.45, 7) is 2.44. The van der Waals surface area contributed by atoms with Crippen LogP contribution in [0, 0.1) is 0 Å². The van der Waals surface area contributed by atoms with E-state index >= 15 is 0 Å². The lowest BCUT2D eigenvalue weighted by Crippen LogP contribution is -2.21. The Morgan fingerprint density at radius 3 is 1.58 bits per heavy atom. The highest BCUT2D eigenvalue weighted by Crippen LogP contribution is 2.35. The molecule has 6 nitrogen and oxygen atoms in total. The van der Waals surface area contributed by atoms with Crippen molar-refractivity contribution in [2.24, 2.45) is 0 Å². The Morgan fingerprint density at radius 1 is 0.731 bits per heavy atom. The van der Waals surface area contributed by atoms with Gasteiger partial charge in [0.25, 0.3) is 0 Å². The highest BCUT2D eigenvalue weighted by atomic mass is 31.2. The zero-order chi connectivity index (χ0) is 19.5. The third kappa shape index (κ3) is 22.1. The van der Waals surface area contributed by atoms with E-state index in [4.69, 9.17) is 14.5 Å². The molecule has 3 N–H and O–H groups in total. The summed E-state index contributed by atoms with van der Waals surface area (Å²) < 4.78 is 20.0. The van der Waals surface area contributed by atoms with Gasteiger partial charge in [-0.05, 0) is 6.42 Å². The second-order valence-corrected chi connectivity index (χ2v) is 8.35. The van der Waals surface area contributed by atoms with Crippen LogP contribution < -0.4 is 0 Å². The summed E-state index contributed by atoms with van der Waals surface area (Å²) in [5.41, 5.74) is 0. The summed E-state index contributed by atoms with van der Waals surface area (Å²) in [6.07, 6.45) is 17.3. The van der Waals surface area contributed by atoms with Gasteiger partial charge in [-0.15, -0.1) is 0 Å². The van der Waals surface area contributed by atoms with E-state index in [0.29, 0.717) is 6.61 Å². The maximum absolute atomic E-state index is 10.5. The van der Waals surface area contributed by atoms with Crippen LogP contribution in [0.2, 0.25) is 0 Å². The number of hydrogen-bond acceptors (Lipinski definition) is 4. The minimum absolute atomic E-state index is 0.0401. The van der Waals surface area contributed by atoms with E-state index in [-0.39, 0.29) is 6.61 Å². The van der Waals surface area contributed by atoms with Gasteiger partial charge in [-0.1, -0.05) is 90.4 Å². The van der Waals surface area contributed by atoms with Crippen molar-refractivity contribution < 1.29 is 28.7 Å². The van der Waals surface area contributed by atoms with Gasteiger partial charge >= 0.3 is 7.82 Å². The second-order valence-electron chi connectivity index (χ2n) is 7.11. The lowest BCUT2D eigenvalue weighted by molar-refractivity contribution is 0.00476. The van der Waals surface area contributed by atoms with Gasteiger partial charge < -0.3 is 19.6 Å². The van der Waals surface area contributed by atoms with E-state index in [1.807, 2.05) is 0 Å². The summed E-state index contributed by atoms with van der Waals surface area (Å²) >= 11 is 0. The van der Waals surface area contributed by atoms with Crippen molar-refractivity contribution >= 4 is 7.82 Å². The summed E-state index contributed by atoms with van der Waals surface area (Å²) in [6, 6.07) is 0. The van der Waals surface area contributed by atoms with Crippen molar-refractivity contribution in [3.05, 3.63) is 0 Å². The predicted octanol–water partition coefficient (Wildman–Crippen LogP) is 4.95. The Balaban J connectivity index is 3.14.